The average Bonchev–Trinajstić information content (AvgIpc) is 2.18. The van der Waals surface area contributed by atoms with Gasteiger partial charge in [0.25, 0.3) is 0 Å². The fourth-order valence-corrected chi connectivity index (χ4v) is 2.49. The van der Waals surface area contributed by atoms with Gasteiger partial charge in [-0.1, -0.05) is 0 Å². The lowest BCUT2D eigenvalue weighted by Crippen LogP contribution is -2.41. The smallest absolute Gasteiger partial charge is 0.227 e. The molecule has 0 atom stereocenters. The predicted molar refractivity (Wildman–Crippen MR) is 51.0 cm³/mol. The van der Waals surface area contributed by atoms with Crippen molar-refractivity contribution in [1.82, 2.24) is 4.31 Å². The number of sulfonamides is 1. The summed E-state index contributed by atoms with van der Waals surface area (Å²) in [5, 5.41) is 8.37. The van der Waals surface area contributed by atoms with Crippen LogP contribution in [0.3, 0.4) is 0 Å². The molecule has 6 heteroatoms. The highest BCUT2D eigenvalue weighted by Crippen LogP contribution is 2.15. The molecule has 1 heterocycles. The SMILES string of the molecule is CN(C1CCOCC1)S(=O)(=O)CC#N. The predicted octanol–water partition coefficient (Wildman–Crippen LogP) is -0.0494. The minimum Gasteiger partial charge on any atom is -0.381 e. The maximum Gasteiger partial charge on any atom is 0.227 e. The molecule has 0 N–H and O–H groups in total. The summed E-state index contributed by atoms with van der Waals surface area (Å²) < 4.78 is 29.4. The van der Waals surface area contributed by atoms with Gasteiger partial charge in [0.15, 0.2) is 5.75 Å². The third-order valence-electron chi connectivity index (χ3n) is 2.39. The summed E-state index contributed by atoms with van der Waals surface area (Å²) in [5.41, 5.74) is 0. The van der Waals surface area contributed by atoms with Gasteiger partial charge < -0.3 is 4.74 Å². The van der Waals surface area contributed by atoms with Crippen LogP contribution in [0.15, 0.2) is 0 Å². The Morgan fingerprint density at radius 2 is 2.07 bits per heavy atom. The Kier molecular flexibility index (Phi) is 3.86. The van der Waals surface area contributed by atoms with Crippen molar-refractivity contribution in [2.75, 3.05) is 26.0 Å². The van der Waals surface area contributed by atoms with Gasteiger partial charge in [0.2, 0.25) is 10.0 Å². The van der Waals surface area contributed by atoms with Crippen LogP contribution in [0, 0.1) is 11.3 Å². The molecule has 0 aromatic rings. The third-order valence-corrected chi connectivity index (χ3v) is 4.06. The molecule has 0 aromatic carbocycles. The van der Waals surface area contributed by atoms with Gasteiger partial charge in [-0.3, -0.25) is 0 Å². The van der Waals surface area contributed by atoms with Crippen molar-refractivity contribution in [1.29, 1.82) is 5.26 Å². The second-order valence-electron chi connectivity index (χ2n) is 3.27. The molecule has 80 valence electrons. The van der Waals surface area contributed by atoms with Crippen LogP contribution in [0.5, 0.6) is 0 Å². The molecule has 1 rings (SSSR count). The minimum absolute atomic E-state index is 0.0119. The van der Waals surface area contributed by atoms with Crippen LogP contribution in [0.2, 0.25) is 0 Å². The Labute approximate surface area is 84.3 Å². The molecule has 0 aliphatic carbocycles. The lowest BCUT2D eigenvalue weighted by atomic mass is 10.1. The molecule has 0 amide bonds. The summed E-state index contributed by atoms with van der Waals surface area (Å²) in [6, 6.07) is 1.66. The molecule has 1 aliphatic heterocycles. The van der Waals surface area contributed by atoms with Gasteiger partial charge in [-0.25, -0.2) is 12.7 Å². The number of hydrogen-bond donors (Lipinski definition) is 0. The molecule has 0 aromatic heterocycles. The molecule has 0 radical (unpaired) electrons. The molecule has 0 bridgehead atoms. The van der Waals surface area contributed by atoms with Gasteiger partial charge >= 0.3 is 0 Å². The molecule has 5 nitrogen and oxygen atoms in total. The lowest BCUT2D eigenvalue weighted by Gasteiger charge is -2.29. The van der Waals surface area contributed by atoms with E-state index < -0.39 is 15.8 Å². The Morgan fingerprint density at radius 1 is 1.50 bits per heavy atom. The van der Waals surface area contributed by atoms with Crippen molar-refractivity contribution in [2.45, 2.75) is 18.9 Å². The Hall–Kier alpha value is -0.640. The van der Waals surface area contributed by atoms with E-state index >= 15 is 0 Å². The van der Waals surface area contributed by atoms with Crippen LogP contribution in [0.4, 0.5) is 0 Å². The largest absolute Gasteiger partial charge is 0.381 e. The summed E-state index contributed by atoms with van der Waals surface area (Å²) in [7, 11) is -1.86. The topological polar surface area (TPSA) is 70.4 Å². The van der Waals surface area contributed by atoms with Crippen molar-refractivity contribution in [3.63, 3.8) is 0 Å². The van der Waals surface area contributed by atoms with E-state index in [1.165, 1.54) is 11.4 Å². The van der Waals surface area contributed by atoms with Crippen LogP contribution in [0.25, 0.3) is 0 Å². The maximum absolute atomic E-state index is 11.5. The molecule has 1 saturated heterocycles. The van der Waals surface area contributed by atoms with Crippen molar-refractivity contribution < 1.29 is 13.2 Å². The summed E-state index contributed by atoms with van der Waals surface area (Å²) >= 11 is 0. The van der Waals surface area contributed by atoms with E-state index in [-0.39, 0.29) is 6.04 Å². The number of ether oxygens (including phenoxy) is 1. The highest BCUT2D eigenvalue weighted by Gasteiger charge is 2.27. The maximum atomic E-state index is 11.5. The fourth-order valence-electron chi connectivity index (χ4n) is 1.46. The number of rotatable bonds is 3. The van der Waals surface area contributed by atoms with Crippen molar-refractivity contribution in [2.24, 2.45) is 0 Å². The first-order valence-corrected chi connectivity index (χ1v) is 6.09. The van der Waals surface area contributed by atoms with E-state index in [2.05, 4.69) is 0 Å². The molecule has 0 spiro atoms. The van der Waals surface area contributed by atoms with Crippen LogP contribution in [-0.4, -0.2) is 44.8 Å². The van der Waals surface area contributed by atoms with Crippen LogP contribution in [-0.2, 0) is 14.8 Å². The van der Waals surface area contributed by atoms with Crippen LogP contribution >= 0.6 is 0 Å². The summed E-state index contributed by atoms with van der Waals surface area (Å²) in [5.74, 6) is -0.444. The Balaban J connectivity index is 2.64. The molecule has 1 aliphatic rings. The summed E-state index contributed by atoms with van der Waals surface area (Å²) in [4.78, 5) is 0. The van der Waals surface area contributed by atoms with Gasteiger partial charge in [0, 0.05) is 26.3 Å². The minimum atomic E-state index is -3.39. The third kappa shape index (κ3) is 2.67. The molecular weight excluding hydrogens is 204 g/mol. The monoisotopic (exact) mass is 218 g/mol. The zero-order valence-corrected chi connectivity index (χ0v) is 8.96. The molecule has 0 unspecified atom stereocenters. The molecule has 0 saturated carbocycles. The lowest BCUT2D eigenvalue weighted by molar-refractivity contribution is 0.0633. The van der Waals surface area contributed by atoms with Gasteiger partial charge in [-0.15, -0.1) is 0 Å². The fraction of sp³-hybridized carbons (Fsp3) is 0.875. The Bertz CT molecular complexity index is 314. The van der Waals surface area contributed by atoms with Crippen molar-refractivity contribution in [3.05, 3.63) is 0 Å². The standard InChI is InChI=1S/C8H14N2O3S/c1-10(14(11,12)7-4-9)8-2-5-13-6-3-8/h8H,2-3,5-7H2,1H3. The summed E-state index contributed by atoms with van der Waals surface area (Å²) in [6.07, 6.45) is 1.42. The highest BCUT2D eigenvalue weighted by atomic mass is 32.2. The summed E-state index contributed by atoms with van der Waals surface area (Å²) in [6.45, 7) is 1.19. The molecule has 14 heavy (non-hydrogen) atoms. The first kappa shape index (κ1) is 11.4. The van der Waals surface area contributed by atoms with E-state index in [0.29, 0.717) is 26.1 Å². The molecule has 1 fully saturated rings. The van der Waals surface area contributed by atoms with Gasteiger partial charge in [0.05, 0.1) is 6.07 Å². The first-order chi connectivity index (χ1) is 6.58. The van der Waals surface area contributed by atoms with Gasteiger partial charge in [0.1, 0.15) is 0 Å². The van der Waals surface area contributed by atoms with E-state index in [1.807, 2.05) is 0 Å². The highest BCUT2D eigenvalue weighted by molar-refractivity contribution is 7.89. The Morgan fingerprint density at radius 3 is 2.57 bits per heavy atom. The van der Waals surface area contributed by atoms with E-state index in [0.717, 1.165) is 0 Å². The number of nitrogens with zero attached hydrogens (tertiary/aromatic N) is 2. The quantitative estimate of drug-likeness (QED) is 0.666. The number of hydrogen-bond acceptors (Lipinski definition) is 4. The van der Waals surface area contributed by atoms with Crippen molar-refractivity contribution in [3.8, 4) is 6.07 Å². The second-order valence-corrected chi connectivity index (χ2v) is 5.30. The first-order valence-electron chi connectivity index (χ1n) is 4.48. The van der Waals surface area contributed by atoms with Crippen LogP contribution in [0.1, 0.15) is 12.8 Å². The van der Waals surface area contributed by atoms with Crippen molar-refractivity contribution >= 4 is 10.0 Å². The second kappa shape index (κ2) is 4.73. The van der Waals surface area contributed by atoms with Gasteiger partial charge in [-0.05, 0) is 12.8 Å². The normalized spacial score (nSPS) is 19.5. The van der Waals surface area contributed by atoms with E-state index in [1.54, 1.807) is 6.07 Å². The van der Waals surface area contributed by atoms with E-state index in [9.17, 15) is 8.42 Å². The van der Waals surface area contributed by atoms with Crippen LogP contribution < -0.4 is 0 Å². The zero-order chi connectivity index (χ0) is 10.6. The average molecular weight is 218 g/mol. The van der Waals surface area contributed by atoms with Gasteiger partial charge in [-0.2, -0.15) is 5.26 Å². The molecular formula is C8H14N2O3S. The van der Waals surface area contributed by atoms with E-state index in [4.69, 9.17) is 10.00 Å². The zero-order valence-electron chi connectivity index (χ0n) is 8.14. The number of nitriles is 1.